The molecular formula is C12H9F3N2O. The minimum atomic E-state index is -1.53. The molecule has 2 aromatic rings. The van der Waals surface area contributed by atoms with E-state index in [0.29, 0.717) is 6.42 Å². The van der Waals surface area contributed by atoms with Gasteiger partial charge in [-0.2, -0.15) is 5.10 Å². The fourth-order valence-electron chi connectivity index (χ4n) is 1.51. The van der Waals surface area contributed by atoms with Gasteiger partial charge in [0, 0.05) is 24.4 Å². The summed E-state index contributed by atoms with van der Waals surface area (Å²) < 4.78 is 40.1. The Bertz CT molecular complexity index is 629. The molecule has 0 aliphatic rings. The van der Waals surface area contributed by atoms with E-state index in [1.54, 1.807) is 6.92 Å². The van der Waals surface area contributed by atoms with E-state index in [1.165, 1.54) is 12.3 Å². The van der Waals surface area contributed by atoms with Gasteiger partial charge in [0.25, 0.3) is 0 Å². The Morgan fingerprint density at radius 2 is 1.83 bits per heavy atom. The maximum Gasteiger partial charge on any atom is 0.203 e. The van der Waals surface area contributed by atoms with Crippen LogP contribution in [-0.2, 0) is 6.42 Å². The molecule has 0 aliphatic carbocycles. The molecule has 0 spiro atoms. The molecule has 3 nitrogen and oxygen atoms in total. The molecule has 1 heterocycles. The second-order valence-corrected chi connectivity index (χ2v) is 3.65. The van der Waals surface area contributed by atoms with E-state index in [1.807, 2.05) is 0 Å². The van der Waals surface area contributed by atoms with E-state index in [9.17, 15) is 18.0 Å². The molecule has 0 atom stereocenters. The monoisotopic (exact) mass is 254 g/mol. The van der Waals surface area contributed by atoms with Crippen LogP contribution < -0.4 is 5.43 Å². The zero-order valence-electron chi connectivity index (χ0n) is 9.45. The molecule has 0 bridgehead atoms. The molecule has 0 saturated heterocycles. The Hall–Kier alpha value is -2.11. The molecule has 0 N–H and O–H groups in total. The average Bonchev–Trinajstić information content (AvgIpc) is 2.36. The summed E-state index contributed by atoms with van der Waals surface area (Å²) in [5, 5.41) is 3.92. The molecule has 6 heteroatoms. The van der Waals surface area contributed by atoms with Crippen molar-refractivity contribution in [3.05, 3.63) is 57.8 Å². The Labute approximate surface area is 100 Å². The summed E-state index contributed by atoms with van der Waals surface area (Å²) in [6.07, 6.45) is 1.67. The molecule has 0 aliphatic heterocycles. The number of aryl methyl sites for hydroxylation is 1. The number of hydrogen-bond donors (Lipinski definition) is 0. The van der Waals surface area contributed by atoms with Gasteiger partial charge in [-0.25, -0.2) is 17.9 Å². The van der Waals surface area contributed by atoms with E-state index in [2.05, 4.69) is 5.10 Å². The van der Waals surface area contributed by atoms with Gasteiger partial charge in [-0.1, -0.05) is 6.92 Å². The number of halogens is 3. The highest BCUT2D eigenvalue weighted by atomic mass is 19.2. The number of benzene rings is 1. The highest BCUT2D eigenvalue weighted by molar-refractivity contribution is 5.32. The van der Waals surface area contributed by atoms with Crippen molar-refractivity contribution >= 4 is 0 Å². The van der Waals surface area contributed by atoms with E-state index < -0.39 is 17.5 Å². The minimum absolute atomic E-state index is 0.0149. The third-order valence-corrected chi connectivity index (χ3v) is 2.45. The Kier molecular flexibility index (Phi) is 3.18. The smallest absolute Gasteiger partial charge is 0.203 e. The summed E-state index contributed by atoms with van der Waals surface area (Å²) in [5.41, 5.74) is 0.0283. The van der Waals surface area contributed by atoms with Crippen molar-refractivity contribution in [3.63, 3.8) is 0 Å². The maximum absolute atomic E-state index is 13.1. The SMILES string of the molecule is CCc1nn(-c2cc(F)c(F)c(F)c2)ccc1=O. The Morgan fingerprint density at radius 3 is 2.39 bits per heavy atom. The molecule has 0 radical (unpaired) electrons. The lowest BCUT2D eigenvalue weighted by Gasteiger charge is -2.07. The normalized spacial score (nSPS) is 10.7. The summed E-state index contributed by atoms with van der Waals surface area (Å²) >= 11 is 0. The summed E-state index contributed by atoms with van der Waals surface area (Å²) in [6.45, 7) is 1.74. The van der Waals surface area contributed by atoms with Crippen molar-refractivity contribution in [2.45, 2.75) is 13.3 Å². The molecular weight excluding hydrogens is 245 g/mol. The molecule has 2 rings (SSSR count). The molecule has 1 aromatic heterocycles. The maximum atomic E-state index is 13.1. The van der Waals surface area contributed by atoms with Gasteiger partial charge in [-0.3, -0.25) is 4.79 Å². The quantitative estimate of drug-likeness (QED) is 0.770. The van der Waals surface area contributed by atoms with Crippen molar-refractivity contribution in [2.75, 3.05) is 0 Å². The second kappa shape index (κ2) is 4.64. The molecule has 94 valence electrons. The third-order valence-electron chi connectivity index (χ3n) is 2.45. The lowest BCUT2D eigenvalue weighted by molar-refractivity contribution is 0.445. The predicted molar refractivity (Wildman–Crippen MR) is 59.1 cm³/mol. The number of aromatic nitrogens is 2. The van der Waals surface area contributed by atoms with Crippen LogP contribution in [0.3, 0.4) is 0 Å². The van der Waals surface area contributed by atoms with E-state index in [0.717, 1.165) is 16.8 Å². The summed E-state index contributed by atoms with van der Waals surface area (Å²) in [5.74, 6) is -4.14. The molecule has 18 heavy (non-hydrogen) atoms. The van der Waals surface area contributed by atoms with Crippen molar-refractivity contribution in [1.29, 1.82) is 0 Å². The van der Waals surface area contributed by atoms with Crippen LogP contribution in [0.15, 0.2) is 29.2 Å². The van der Waals surface area contributed by atoms with Crippen molar-refractivity contribution < 1.29 is 13.2 Å². The van der Waals surface area contributed by atoms with Gasteiger partial charge in [0.15, 0.2) is 17.5 Å². The van der Waals surface area contributed by atoms with Crippen LogP contribution in [-0.4, -0.2) is 9.78 Å². The predicted octanol–water partition coefficient (Wildman–Crippen LogP) is 2.21. The standard InChI is InChI=1S/C12H9F3N2O/c1-2-10-11(18)3-4-17(16-10)7-5-8(13)12(15)9(14)6-7/h3-6H,2H2,1H3. The van der Waals surface area contributed by atoms with Crippen molar-refractivity contribution in [3.8, 4) is 5.69 Å². The molecule has 0 fully saturated rings. The second-order valence-electron chi connectivity index (χ2n) is 3.65. The van der Waals surface area contributed by atoms with Crippen LogP contribution in [0.1, 0.15) is 12.6 Å². The first kappa shape index (κ1) is 12.3. The van der Waals surface area contributed by atoms with Gasteiger partial charge in [0.2, 0.25) is 5.43 Å². The topological polar surface area (TPSA) is 34.9 Å². The summed E-state index contributed by atoms with van der Waals surface area (Å²) in [7, 11) is 0. The first-order valence-electron chi connectivity index (χ1n) is 5.26. The van der Waals surface area contributed by atoms with Crippen LogP contribution in [0.5, 0.6) is 0 Å². The third kappa shape index (κ3) is 2.13. The molecule has 0 amide bonds. The summed E-state index contributed by atoms with van der Waals surface area (Å²) in [6, 6.07) is 2.87. The first-order chi connectivity index (χ1) is 8.52. The average molecular weight is 254 g/mol. The van der Waals surface area contributed by atoms with E-state index in [-0.39, 0.29) is 16.8 Å². The zero-order chi connectivity index (χ0) is 13.3. The fraction of sp³-hybridized carbons (Fsp3) is 0.167. The number of nitrogens with zero attached hydrogens (tertiary/aromatic N) is 2. The van der Waals surface area contributed by atoms with Crippen LogP contribution in [0, 0.1) is 17.5 Å². The van der Waals surface area contributed by atoms with Gasteiger partial charge in [0.1, 0.15) is 5.69 Å². The van der Waals surface area contributed by atoms with Crippen molar-refractivity contribution in [2.24, 2.45) is 0 Å². The lowest BCUT2D eigenvalue weighted by Crippen LogP contribution is -2.15. The Balaban J connectivity index is 2.59. The number of rotatable bonds is 2. The fourth-order valence-corrected chi connectivity index (χ4v) is 1.51. The molecule has 0 unspecified atom stereocenters. The number of hydrogen-bond acceptors (Lipinski definition) is 2. The van der Waals surface area contributed by atoms with Gasteiger partial charge in [-0.05, 0) is 6.42 Å². The first-order valence-corrected chi connectivity index (χ1v) is 5.26. The highest BCUT2D eigenvalue weighted by Gasteiger charge is 2.12. The van der Waals surface area contributed by atoms with Crippen LogP contribution in [0.4, 0.5) is 13.2 Å². The van der Waals surface area contributed by atoms with Gasteiger partial charge < -0.3 is 0 Å². The van der Waals surface area contributed by atoms with Gasteiger partial charge in [0.05, 0.1) is 5.69 Å². The lowest BCUT2D eigenvalue weighted by atomic mass is 10.2. The van der Waals surface area contributed by atoms with Crippen LogP contribution in [0.25, 0.3) is 5.69 Å². The zero-order valence-corrected chi connectivity index (χ0v) is 9.45. The van der Waals surface area contributed by atoms with E-state index >= 15 is 0 Å². The molecule has 1 aromatic carbocycles. The highest BCUT2D eigenvalue weighted by Crippen LogP contribution is 2.15. The van der Waals surface area contributed by atoms with Gasteiger partial charge in [-0.15, -0.1) is 0 Å². The molecule has 0 saturated carbocycles. The van der Waals surface area contributed by atoms with E-state index in [4.69, 9.17) is 0 Å². The van der Waals surface area contributed by atoms with Crippen LogP contribution in [0.2, 0.25) is 0 Å². The van der Waals surface area contributed by atoms with Crippen LogP contribution >= 0.6 is 0 Å². The summed E-state index contributed by atoms with van der Waals surface area (Å²) in [4.78, 5) is 11.3. The minimum Gasteiger partial charge on any atom is -0.288 e. The largest absolute Gasteiger partial charge is 0.288 e. The van der Waals surface area contributed by atoms with Gasteiger partial charge >= 0.3 is 0 Å². The van der Waals surface area contributed by atoms with Crippen molar-refractivity contribution in [1.82, 2.24) is 9.78 Å². The Morgan fingerprint density at radius 1 is 1.22 bits per heavy atom.